The van der Waals surface area contributed by atoms with E-state index < -0.39 is 11.7 Å². The molecule has 1 saturated carbocycles. The summed E-state index contributed by atoms with van der Waals surface area (Å²) < 4.78 is 39.2. The van der Waals surface area contributed by atoms with Gasteiger partial charge in [0.1, 0.15) is 17.3 Å². The summed E-state index contributed by atoms with van der Waals surface area (Å²) >= 11 is 0. The van der Waals surface area contributed by atoms with E-state index in [-0.39, 0.29) is 29.1 Å². The van der Waals surface area contributed by atoms with Crippen molar-refractivity contribution in [3.05, 3.63) is 47.4 Å². The maximum Gasteiger partial charge on any atom is 0.418 e. The van der Waals surface area contributed by atoms with Crippen LogP contribution in [-0.2, 0) is 6.18 Å². The van der Waals surface area contributed by atoms with E-state index in [0.29, 0.717) is 5.82 Å². The summed E-state index contributed by atoms with van der Waals surface area (Å²) in [6.45, 7) is 1.58. The van der Waals surface area contributed by atoms with E-state index in [1.807, 2.05) is 0 Å². The van der Waals surface area contributed by atoms with Crippen LogP contribution < -0.4 is 10.6 Å². The molecule has 24 heavy (non-hydrogen) atoms. The van der Waals surface area contributed by atoms with Gasteiger partial charge < -0.3 is 10.6 Å². The van der Waals surface area contributed by atoms with Crippen molar-refractivity contribution in [2.24, 2.45) is 0 Å². The minimum Gasteiger partial charge on any atom is -0.348 e. The molecule has 3 rings (SSSR count). The fraction of sp³-hybridized carbons (Fsp3) is 0.312. The van der Waals surface area contributed by atoms with E-state index in [4.69, 9.17) is 0 Å². The molecule has 1 aromatic carbocycles. The number of amides is 1. The van der Waals surface area contributed by atoms with Crippen LogP contribution in [0.25, 0.3) is 0 Å². The zero-order valence-corrected chi connectivity index (χ0v) is 12.8. The second-order valence-corrected chi connectivity index (χ2v) is 5.60. The number of carbonyl (C=O) groups excluding carboxylic acids is 1. The number of benzene rings is 1. The van der Waals surface area contributed by atoms with Crippen molar-refractivity contribution in [1.82, 2.24) is 15.3 Å². The number of aromatic nitrogens is 2. The van der Waals surface area contributed by atoms with Crippen molar-refractivity contribution < 1.29 is 18.0 Å². The van der Waals surface area contributed by atoms with Gasteiger partial charge in [-0.3, -0.25) is 4.79 Å². The number of nitrogens with one attached hydrogen (secondary N) is 2. The van der Waals surface area contributed by atoms with Crippen LogP contribution in [0.5, 0.6) is 0 Å². The molecule has 0 saturated heterocycles. The summed E-state index contributed by atoms with van der Waals surface area (Å²) in [5.41, 5.74) is -0.803. The molecule has 2 N–H and O–H groups in total. The molecule has 5 nitrogen and oxygen atoms in total. The lowest BCUT2D eigenvalue weighted by molar-refractivity contribution is -0.136. The third kappa shape index (κ3) is 3.81. The first-order valence-corrected chi connectivity index (χ1v) is 7.43. The number of hydrogen-bond donors (Lipinski definition) is 2. The molecule has 126 valence electrons. The fourth-order valence-corrected chi connectivity index (χ4v) is 2.21. The molecule has 0 atom stereocenters. The maximum absolute atomic E-state index is 13.1. The van der Waals surface area contributed by atoms with Gasteiger partial charge in [-0.15, -0.1) is 0 Å². The molecule has 0 spiro atoms. The van der Waals surface area contributed by atoms with Crippen LogP contribution in [0.4, 0.5) is 24.7 Å². The van der Waals surface area contributed by atoms with E-state index in [1.54, 1.807) is 6.92 Å². The second kappa shape index (κ2) is 6.10. The second-order valence-electron chi connectivity index (χ2n) is 5.60. The standard InChI is InChI=1S/C16H15F3N4O/c1-9-20-13(15(24)22-10-6-7-10)8-14(21-9)23-12-5-3-2-4-11(12)16(17,18)19/h2-5,8,10H,6-7H2,1H3,(H,22,24)(H,20,21,23). The van der Waals surface area contributed by atoms with Gasteiger partial charge in [-0.2, -0.15) is 13.2 Å². The molecule has 2 aromatic rings. The van der Waals surface area contributed by atoms with Crippen LogP contribution in [0.2, 0.25) is 0 Å². The fourth-order valence-electron chi connectivity index (χ4n) is 2.21. The van der Waals surface area contributed by atoms with Crippen molar-refractivity contribution in [1.29, 1.82) is 0 Å². The maximum atomic E-state index is 13.1. The topological polar surface area (TPSA) is 66.9 Å². The normalized spacial score (nSPS) is 14.3. The highest BCUT2D eigenvalue weighted by atomic mass is 19.4. The molecule has 1 aliphatic rings. The molecular weight excluding hydrogens is 321 g/mol. The van der Waals surface area contributed by atoms with Gasteiger partial charge in [-0.25, -0.2) is 9.97 Å². The van der Waals surface area contributed by atoms with Crippen LogP contribution in [0.3, 0.4) is 0 Å². The zero-order chi connectivity index (χ0) is 17.3. The predicted octanol–water partition coefficient (Wildman–Crippen LogP) is 3.44. The first kappa shape index (κ1) is 16.2. The Morgan fingerprint density at radius 1 is 1.21 bits per heavy atom. The SMILES string of the molecule is Cc1nc(Nc2ccccc2C(F)(F)F)cc(C(=O)NC2CC2)n1. The summed E-state index contributed by atoms with van der Waals surface area (Å²) in [5.74, 6) is 0.0840. The Kier molecular flexibility index (Phi) is 4.13. The molecule has 0 aliphatic heterocycles. The van der Waals surface area contributed by atoms with Crippen LogP contribution in [0.15, 0.2) is 30.3 Å². The van der Waals surface area contributed by atoms with Gasteiger partial charge in [-0.1, -0.05) is 12.1 Å². The molecule has 8 heteroatoms. The molecule has 0 radical (unpaired) electrons. The smallest absolute Gasteiger partial charge is 0.348 e. The third-order valence-electron chi connectivity index (χ3n) is 3.48. The molecule has 1 aromatic heterocycles. The highest BCUT2D eigenvalue weighted by Crippen LogP contribution is 2.35. The van der Waals surface area contributed by atoms with Crippen molar-refractivity contribution in [2.75, 3.05) is 5.32 Å². The third-order valence-corrected chi connectivity index (χ3v) is 3.48. The highest BCUT2D eigenvalue weighted by molar-refractivity contribution is 5.93. The van der Waals surface area contributed by atoms with Gasteiger partial charge in [0, 0.05) is 12.1 Å². The van der Waals surface area contributed by atoms with E-state index in [1.165, 1.54) is 24.3 Å². The van der Waals surface area contributed by atoms with Crippen molar-refractivity contribution in [3.63, 3.8) is 0 Å². The Bertz CT molecular complexity index is 772. The van der Waals surface area contributed by atoms with Gasteiger partial charge in [0.15, 0.2) is 0 Å². The average molecular weight is 336 g/mol. The van der Waals surface area contributed by atoms with Crippen LogP contribution >= 0.6 is 0 Å². The zero-order valence-electron chi connectivity index (χ0n) is 12.8. The van der Waals surface area contributed by atoms with Crippen molar-refractivity contribution in [3.8, 4) is 0 Å². The minimum atomic E-state index is -4.49. The number of anilines is 2. The number of aryl methyl sites for hydroxylation is 1. The van der Waals surface area contributed by atoms with Crippen LogP contribution in [0, 0.1) is 6.92 Å². The highest BCUT2D eigenvalue weighted by Gasteiger charge is 2.33. The molecule has 1 aliphatic carbocycles. The number of rotatable bonds is 4. The van der Waals surface area contributed by atoms with E-state index >= 15 is 0 Å². The Morgan fingerprint density at radius 3 is 2.58 bits per heavy atom. The quantitative estimate of drug-likeness (QED) is 0.897. The Morgan fingerprint density at radius 2 is 1.92 bits per heavy atom. The van der Waals surface area contributed by atoms with Gasteiger partial charge in [0.2, 0.25) is 0 Å². The first-order chi connectivity index (χ1) is 11.3. The minimum absolute atomic E-state index is 0.126. The van der Waals surface area contributed by atoms with Crippen molar-refractivity contribution in [2.45, 2.75) is 32.0 Å². The first-order valence-electron chi connectivity index (χ1n) is 7.43. The molecular formula is C16H15F3N4O. The predicted molar refractivity (Wildman–Crippen MR) is 82.0 cm³/mol. The van der Waals surface area contributed by atoms with Gasteiger partial charge in [0.05, 0.1) is 11.3 Å². The number of halogens is 3. The largest absolute Gasteiger partial charge is 0.418 e. The van der Waals surface area contributed by atoms with E-state index in [9.17, 15) is 18.0 Å². The van der Waals surface area contributed by atoms with E-state index in [2.05, 4.69) is 20.6 Å². The van der Waals surface area contributed by atoms with Gasteiger partial charge >= 0.3 is 6.18 Å². The lowest BCUT2D eigenvalue weighted by atomic mass is 10.1. The monoisotopic (exact) mass is 336 g/mol. The lowest BCUT2D eigenvalue weighted by Crippen LogP contribution is -2.26. The number of nitrogens with zero attached hydrogens (tertiary/aromatic N) is 2. The summed E-state index contributed by atoms with van der Waals surface area (Å²) in [4.78, 5) is 20.2. The van der Waals surface area contributed by atoms with Crippen LogP contribution in [-0.4, -0.2) is 21.9 Å². The summed E-state index contributed by atoms with van der Waals surface area (Å²) in [5, 5.41) is 5.42. The van der Waals surface area contributed by atoms with Crippen LogP contribution in [0.1, 0.15) is 34.7 Å². The van der Waals surface area contributed by atoms with Gasteiger partial charge in [-0.05, 0) is 31.9 Å². The number of alkyl halides is 3. The van der Waals surface area contributed by atoms with Crippen molar-refractivity contribution >= 4 is 17.4 Å². The molecule has 0 bridgehead atoms. The molecule has 1 heterocycles. The number of carbonyl (C=O) groups is 1. The summed E-state index contributed by atoms with van der Waals surface area (Å²) in [7, 11) is 0. The molecule has 1 amide bonds. The average Bonchev–Trinajstić information content (AvgIpc) is 3.30. The van der Waals surface area contributed by atoms with Gasteiger partial charge in [0.25, 0.3) is 5.91 Å². The summed E-state index contributed by atoms with van der Waals surface area (Å²) in [6, 6.07) is 6.61. The molecule has 0 unspecified atom stereocenters. The summed E-state index contributed by atoms with van der Waals surface area (Å²) in [6.07, 6.45) is -2.63. The number of hydrogen-bond acceptors (Lipinski definition) is 4. The van der Waals surface area contributed by atoms with E-state index in [0.717, 1.165) is 18.9 Å². The Labute approximate surface area is 136 Å². The molecule has 1 fully saturated rings. The Balaban J connectivity index is 1.88. The Hall–Kier alpha value is -2.64. The lowest BCUT2D eigenvalue weighted by Gasteiger charge is -2.14. The number of para-hydroxylation sites is 1.